The molecule has 2 rings (SSSR count). The monoisotopic (exact) mass is 420 g/mol. The van der Waals surface area contributed by atoms with E-state index in [4.69, 9.17) is 11.6 Å². The Bertz CT molecular complexity index is 493. The van der Waals surface area contributed by atoms with Crippen molar-refractivity contribution in [2.75, 3.05) is 5.75 Å². The van der Waals surface area contributed by atoms with E-state index in [-0.39, 0.29) is 10.1 Å². The zero-order valence-electron chi connectivity index (χ0n) is 8.83. The van der Waals surface area contributed by atoms with Crippen molar-refractivity contribution in [1.29, 1.82) is 0 Å². The molecule has 1 fully saturated rings. The number of thiophene rings is 1. The van der Waals surface area contributed by atoms with Gasteiger partial charge in [-0.05, 0) is 34.8 Å². The first-order chi connectivity index (χ1) is 7.92. The van der Waals surface area contributed by atoms with E-state index >= 15 is 0 Å². The summed E-state index contributed by atoms with van der Waals surface area (Å²) in [7, 11) is -2.97. The van der Waals surface area contributed by atoms with Crippen LogP contribution in [0.25, 0.3) is 0 Å². The van der Waals surface area contributed by atoms with Gasteiger partial charge < -0.3 is 0 Å². The number of rotatable bonds is 2. The van der Waals surface area contributed by atoms with E-state index in [9.17, 15) is 8.42 Å². The van der Waals surface area contributed by atoms with Gasteiger partial charge in [-0.3, -0.25) is 0 Å². The van der Waals surface area contributed by atoms with Crippen molar-refractivity contribution in [3.05, 3.63) is 19.8 Å². The van der Waals surface area contributed by atoms with Gasteiger partial charge in [-0.1, -0.05) is 34.0 Å². The van der Waals surface area contributed by atoms with Crippen molar-refractivity contribution < 1.29 is 8.42 Å². The molecule has 1 aliphatic heterocycles. The van der Waals surface area contributed by atoms with Crippen molar-refractivity contribution in [3.8, 4) is 0 Å². The molecule has 0 N–H and O–H groups in total. The fraction of sp³-hybridized carbons (Fsp3) is 0.600. The number of alkyl halides is 1. The van der Waals surface area contributed by atoms with Crippen molar-refractivity contribution in [2.45, 2.75) is 29.3 Å². The predicted molar refractivity (Wildman–Crippen MR) is 80.1 cm³/mol. The summed E-state index contributed by atoms with van der Waals surface area (Å²) >= 11 is 14.3. The lowest BCUT2D eigenvalue weighted by atomic mass is 10.1. The van der Waals surface area contributed by atoms with Crippen LogP contribution in [-0.4, -0.2) is 19.4 Å². The fourth-order valence-electron chi connectivity index (χ4n) is 1.99. The van der Waals surface area contributed by atoms with E-state index in [1.165, 1.54) is 11.3 Å². The van der Waals surface area contributed by atoms with Crippen molar-refractivity contribution >= 4 is 64.6 Å². The highest BCUT2D eigenvalue weighted by Crippen LogP contribution is 2.43. The molecule has 0 aliphatic carbocycles. The minimum absolute atomic E-state index is 0.151. The lowest BCUT2D eigenvalue weighted by Gasteiger charge is -2.25. The standard InChI is InChI=1S/C10H11Br2ClO2S2/c11-9(7-5-6(13)10(12)16-7)8-3-1-2-4-17(8,14)15/h5,8-9H,1-4H2. The minimum Gasteiger partial charge on any atom is -0.228 e. The Kier molecular flexibility index (Phi) is 4.62. The molecule has 2 unspecified atom stereocenters. The van der Waals surface area contributed by atoms with E-state index in [1.807, 2.05) is 6.07 Å². The summed E-state index contributed by atoms with van der Waals surface area (Å²) in [6, 6.07) is 1.83. The molecule has 0 bridgehead atoms. The average molecular weight is 423 g/mol. The molecule has 17 heavy (non-hydrogen) atoms. The highest BCUT2D eigenvalue weighted by molar-refractivity contribution is 9.11. The normalized spacial score (nSPS) is 25.7. The molecule has 0 spiro atoms. The van der Waals surface area contributed by atoms with Gasteiger partial charge in [0.1, 0.15) is 0 Å². The molecule has 2 heterocycles. The molecule has 2 atom stereocenters. The number of halogens is 3. The number of hydrogen-bond acceptors (Lipinski definition) is 3. The first-order valence-electron chi connectivity index (χ1n) is 5.22. The number of sulfone groups is 1. The second-order valence-corrected chi connectivity index (χ2v) is 10.2. The molecule has 2 nitrogen and oxygen atoms in total. The zero-order chi connectivity index (χ0) is 12.6. The van der Waals surface area contributed by atoms with Crippen LogP contribution in [0.2, 0.25) is 5.02 Å². The van der Waals surface area contributed by atoms with Gasteiger partial charge >= 0.3 is 0 Å². The lowest BCUT2D eigenvalue weighted by molar-refractivity contribution is 0.538. The van der Waals surface area contributed by atoms with Crippen LogP contribution < -0.4 is 0 Å². The average Bonchev–Trinajstić information content (AvgIpc) is 2.58. The quantitative estimate of drug-likeness (QED) is 0.655. The molecule has 1 aromatic rings. The van der Waals surface area contributed by atoms with Crippen LogP contribution in [-0.2, 0) is 9.84 Å². The van der Waals surface area contributed by atoms with Crippen LogP contribution in [0.1, 0.15) is 29.0 Å². The summed E-state index contributed by atoms with van der Waals surface area (Å²) in [5.41, 5.74) is 0. The molecule has 0 saturated carbocycles. The summed E-state index contributed by atoms with van der Waals surface area (Å²) in [5.74, 6) is 0.306. The van der Waals surface area contributed by atoms with Gasteiger partial charge in [0.2, 0.25) is 0 Å². The predicted octanol–water partition coefficient (Wildman–Crippen LogP) is 4.57. The molecule has 1 aliphatic rings. The Hall–Kier alpha value is 0.900. The lowest BCUT2D eigenvalue weighted by Crippen LogP contribution is -2.31. The topological polar surface area (TPSA) is 34.1 Å². The molecule has 1 saturated heterocycles. The highest BCUT2D eigenvalue weighted by atomic mass is 79.9. The van der Waals surface area contributed by atoms with E-state index in [1.54, 1.807) is 0 Å². The Morgan fingerprint density at radius 2 is 2.18 bits per heavy atom. The van der Waals surface area contributed by atoms with Gasteiger partial charge in [0.25, 0.3) is 0 Å². The molecular formula is C10H11Br2ClO2S2. The second kappa shape index (κ2) is 5.49. The molecule has 0 radical (unpaired) electrons. The summed E-state index contributed by atoms with van der Waals surface area (Å²) < 4.78 is 24.9. The van der Waals surface area contributed by atoms with E-state index in [2.05, 4.69) is 31.9 Å². The first kappa shape index (κ1) is 14.3. The second-order valence-electron chi connectivity index (χ2n) is 4.07. The SMILES string of the molecule is O=S1(=O)CCCCC1C(Br)c1cc(Cl)c(Br)s1. The minimum atomic E-state index is -2.97. The van der Waals surface area contributed by atoms with Gasteiger partial charge in [0, 0.05) is 4.88 Å². The summed E-state index contributed by atoms with van der Waals surface area (Å²) in [6.45, 7) is 0. The van der Waals surface area contributed by atoms with E-state index in [0.717, 1.165) is 27.9 Å². The molecule has 0 amide bonds. The van der Waals surface area contributed by atoms with Crippen molar-refractivity contribution in [2.24, 2.45) is 0 Å². The summed E-state index contributed by atoms with van der Waals surface area (Å²) in [6.07, 6.45) is 2.49. The smallest absolute Gasteiger partial charge is 0.154 e. The summed E-state index contributed by atoms with van der Waals surface area (Å²) in [5, 5.41) is 0.320. The third-order valence-corrected chi connectivity index (χ3v) is 9.52. The van der Waals surface area contributed by atoms with Gasteiger partial charge in [-0.2, -0.15) is 0 Å². The molecule has 0 aromatic carbocycles. The Morgan fingerprint density at radius 3 is 2.71 bits per heavy atom. The fourth-order valence-corrected chi connectivity index (χ4v) is 7.48. The number of hydrogen-bond donors (Lipinski definition) is 0. The van der Waals surface area contributed by atoms with Crippen LogP contribution in [0.5, 0.6) is 0 Å². The van der Waals surface area contributed by atoms with Crippen LogP contribution in [0.3, 0.4) is 0 Å². The largest absolute Gasteiger partial charge is 0.228 e. The molecule has 1 aromatic heterocycles. The molecule has 96 valence electrons. The maximum atomic E-state index is 12.0. The van der Waals surface area contributed by atoms with Gasteiger partial charge in [0.15, 0.2) is 9.84 Å². The van der Waals surface area contributed by atoms with Gasteiger partial charge in [0.05, 0.1) is 24.6 Å². The van der Waals surface area contributed by atoms with E-state index < -0.39 is 9.84 Å². The van der Waals surface area contributed by atoms with Crippen molar-refractivity contribution in [1.82, 2.24) is 0 Å². The third-order valence-electron chi connectivity index (χ3n) is 2.89. The molecule has 7 heteroatoms. The zero-order valence-corrected chi connectivity index (χ0v) is 14.4. The Balaban J connectivity index is 2.27. The van der Waals surface area contributed by atoms with E-state index in [0.29, 0.717) is 10.8 Å². The van der Waals surface area contributed by atoms with Crippen molar-refractivity contribution in [3.63, 3.8) is 0 Å². The van der Waals surface area contributed by atoms with Gasteiger partial charge in [-0.15, -0.1) is 11.3 Å². The van der Waals surface area contributed by atoms with Crippen LogP contribution in [0, 0.1) is 0 Å². The van der Waals surface area contributed by atoms with Gasteiger partial charge in [-0.25, -0.2) is 8.42 Å². The highest BCUT2D eigenvalue weighted by Gasteiger charge is 2.35. The Morgan fingerprint density at radius 1 is 1.47 bits per heavy atom. The summed E-state index contributed by atoms with van der Waals surface area (Å²) in [4.78, 5) is 0.818. The van der Waals surface area contributed by atoms with Crippen LogP contribution >= 0.6 is 54.8 Å². The first-order valence-corrected chi connectivity index (χ1v) is 9.84. The van der Waals surface area contributed by atoms with Crippen LogP contribution in [0.15, 0.2) is 9.85 Å². The maximum Gasteiger partial charge on any atom is 0.154 e. The van der Waals surface area contributed by atoms with Crippen LogP contribution in [0.4, 0.5) is 0 Å². The Labute approximate surface area is 127 Å². The third kappa shape index (κ3) is 3.08. The molecular weight excluding hydrogens is 412 g/mol. The maximum absolute atomic E-state index is 12.0.